The highest BCUT2D eigenvalue weighted by Gasteiger charge is 2.23. The van der Waals surface area contributed by atoms with Crippen molar-refractivity contribution in [3.05, 3.63) is 33.8 Å². The van der Waals surface area contributed by atoms with E-state index in [0.29, 0.717) is 29.7 Å². The summed E-state index contributed by atoms with van der Waals surface area (Å²) >= 11 is 17.8. The van der Waals surface area contributed by atoms with Crippen LogP contribution in [0.25, 0.3) is 0 Å². The molecule has 144 valence electrons. The van der Waals surface area contributed by atoms with Gasteiger partial charge in [-0.25, -0.2) is 5.01 Å². The fraction of sp³-hybridized carbons (Fsp3) is 0.556. The van der Waals surface area contributed by atoms with Crippen LogP contribution in [-0.2, 0) is 11.3 Å². The Morgan fingerprint density at radius 2 is 2.15 bits per heavy atom. The molecule has 5 nitrogen and oxygen atoms in total. The van der Waals surface area contributed by atoms with Gasteiger partial charge in [-0.2, -0.15) is 5.10 Å². The highest BCUT2D eigenvalue weighted by molar-refractivity contribution is 7.80. The molecule has 0 aromatic heterocycles. The molecule has 1 unspecified atom stereocenters. The molecule has 0 saturated carbocycles. The molecule has 1 saturated heterocycles. The van der Waals surface area contributed by atoms with Gasteiger partial charge in [0.1, 0.15) is 0 Å². The van der Waals surface area contributed by atoms with Gasteiger partial charge in [0.05, 0.1) is 0 Å². The minimum atomic E-state index is 0.204. The molecule has 1 aliphatic rings. The summed E-state index contributed by atoms with van der Waals surface area (Å²) in [5, 5.41) is 7.86. The van der Waals surface area contributed by atoms with Crippen molar-refractivity contribution in [3.63, 3.8) is 0 Å². The molecule has 26 heavy (non-hydrogen) atoms. The van der Waals surface area contributed by atoms with E-state index < -0.39 is 0 Å². The number of thiocarbonyl (C=S) groups is 1. The van der Waals surface area contributed by atoms with E-state index in [1.807, 2.05) is 24.4 Å². The van der Waals surface area contributed by atoms with E-state index in [0.717, 1.165) is 31.4 Å². The largest absolute Gasteiger partial charge is 0.385 e. The molecule has 1 aromatic carbocycles. The van der Waals surface area contributed by atoms with Gasteiger partial charge >= 0.3 is 0 Å². The van der Waals surface area contributed by atoms with Gasteiger partial charge < -0.3 is 10.5 Å². The number of hydrazone groups is 1. The Labute approximate surface area is 171 Å². The molecule has 2 N–H and O–H groups in total. The third kappa shape index (κ3) is 6.35. The minimum Gasteiger partial charge on any atom is -0.385 e. The Bertz CT molecular complexity index is 609. The second-order valence-corrected chi connectivity index (χ2v) is 7.54. The number of hydrogen-bond acceptors (Lipinski definition) is 4. The summed E-state index contributed by atoms with van der Waals surface area (Å²) in [5.41, 5.74) is 6.75. The highest BCUT2D eigenvalue weighted by Crippen LogP contribution is 2.28. The molecular formula is C18H26Cl2N4OS. The zero-order valence-corrected chi connectivity index (χ0v) is 17.4. The van der Waals surface area contributed by atoms with Crippen LogP contribution in [0.1, 0.15) is 31.2 Å². The highest BCUT2D eigenvalue weighted by atomic mass is 35.5. The zero-order valence-electron chi connectivity index (χ0n) is 15.0. The predicted molar refractivity (Wildman–Crippen MR) is 113 cm³/mol. The molecule has 0 radical (unpaired) electrons. The lowest BCUT2D eigenvalue weighted by Gasteiger charge is -2.34. The topological polar surface area (TPSA) is 54.1 Å². The summed E-state index contributed by atoms with van der Waals surface area (Å²) in [4.78, 5) is 2.35. The van der Waals surface area contributed by atoms with Crippen LogP contribution < -0.4 is 5.73 Å². The van der Waals surface area contributed by atoms with Crippen molar-refractivity contribution in [2.24, 2.45) is 10.8 Å². The number of piperidine rings is 1. The van der Waals surface area contributed by atoms with E-state index in [-0.39, 0.29) is 11.2 Å². The number of halogens is 2. The van der Waals surface area contributed by atoms with Crippen molar-refractivity contribution in [2.75, 3.05) is 26.8 Å². The lowest BCUT2D eigenvalue weighted by Crippen LogP contribution is -2.41. The summed E-state index contributed by atoms with van der Waals surface area (Å²) in [6.07, 6.45) is 6.11. The standard InChI is InChI=1S/C18H26Cl2N4OS/c1-25-11-5-10-24(18(21)26)22-12-14-6-2-3-9-23(14)13-15-16(19)7-4-8-17(15)20/h4,7-8,12,14H,2-3,5-6,9-11,13H2,1H3,(H2,21,26). The van der Waals surface area contributed by atoms with Crippen molar-refractivity contribution < 1.29 is 4.74 Å². The van der Waals surface area contributed by atoms with Crippen molar-refractivity contribution in [3.8, 4) is 0 Å². The second-order valence-electron chi connectivity index (χ2n) is 6.31. The number of methoxy groups -OCH3 is 1. The first kappa shape index (κ1) is 21.4. The summed E-state index contributed by atoms with van der Waals surface area (Å²) in [5.74, 6) is 0. The van der Waals surface area contributed by atoms with Crippen LogP contribution in [0.3, 0.4) is 0 Å². The Morgan fingerprint density at radius 3 is 2.81 bits per heavy atom. The van der Waals surface area contributed by atoms with Crippen LogP contribution in [0, 0.1) is 0 Å². The van der Waals surface area contributed by atoms with Crippen molar-refractivity contribution in [1.29, 1.82) is 0 Å². The van der Waals surface area contributed by atoms with E-state index in [2.05, 4.69) is 10.0 Å². The third-order valence-corrected chi connectivity index (χ3v) is 5.36. The first-order chi connectivity index (χ1) is 12.5. The molecule has 1 atom stereocenters. The van der Waals surface area contributed by atoms with Gasteiger partial charge in [-0.3, -0.25) is 4.90 Å². The minimum absolute atomic E-state index is 0.204. The number of hydrogen-bond donors (Lipinski definition) is 1. The Hall–Kier alpha value is -0.920. The lowest BCUT2D eigenvalue weighted by atomic mass is 10.0. The average molecular weight is 417 g/mol. The molecule has 1 fully saturated rings. The third-order valence-electron chi connectivity index (χ3n) is 4.44. The van der Waals surface area contributed by atoms with E-state index >= 15 is 0 Å². The normalized spacial score (nSPS) is 18.3. The molecule has 1 heterocycles. The smallest absolute Gasteiger partial charge is 0.186 e. The molecule has 2 rings (SSSR count). The van der Waals surface area contributed by atoms with E-state index in [9.17, 15) is 0 Å². The summed E-state index contributed by atoms with van der Waals surface area (Å²) < 4.78 is 5.08. The molecule has 0 aliphatic carbocycles. The van der Waals surface area contributed by atoms with E-state index in [4.69, 9.17) is 45.9 Å². The van der Waals surface area contributed by atoms with Crippen molar-refractivity contribution in [1.82, 2.24) is 9.91 Å². The Balaban J connectivity index is 2.06. The average Bonchev–Trinajstić information content (AvgIpc) is 2.62. The van der Waals surface area contributed by atoms with Crippen LogP contribution in [0.5, 0.6) is 0 Å². The van der Waals surface area contributed by atoms with Crippen LogP contribution in [0.2, 0.25) is 10.0 Å². The maximum atomic E-state index is 6.34. The molecule has 0 bridgehead atoms. The van der Waals surface area contributed by atoms with Crippen molar-refractivity contribution >= 4 is 46.7 Å². The van der Waals surface area contributed by atoms with Crippen molar-refractivity contribution in [2.45, 2.75) is 38.3 Å². The second kappa shape index (κ2) is 11.0. The Morgan fingerprint density at radius 1 is 1.42 bits per heavy atom. The number of rotatable bonds is 8. The van der Waals surface area contributed by atoms with Gasteiger partial charge in [-0.05, 0) is 50.2 Å². The predicted octanol–water partition coefficient (Wildman–Crippen LogP) is 3.92. The number of nitrogens with two attached hydrogens (primary N) is 1. The van der Waals surface area contributed by atoms with Gasteiger partial charge in [0.15, 0.2) is 5.11 Å². The maximum Gasteiger partial charge on any atom is 0.186 e. The monoisotopic (exact) mass is 416 g/mol. The van der Waals surface area contributed by atoms with Crippen LogP contribution in [0.15, 0.2) is 23.3 Å². The molecule has 1 aromatic rings. The van der Waals surface area contributed by atoms with Crippen LogP contribution in [-0.4, -0.2) is 54.1 Å². The summed E-state index contributed by atoms with van der Waals surface area (Å²) in [6.45, 7) is 2.97. The van der Waals surface area contributed by atoms with Gasteiger partial charge in [0.25, 0.3) is 0 Å². The van der Waals surface area contributed by atoms with Gasteiger partial charge in [0.2, 0.25) is 0 Å². The van der Waals surface area contributed by atoms with Gasteiger partial charge in [-0.15, -0.1) is 0 Å². The number of benzene rings is 1. The summed E-state index contributed by atoms with van der Waals surface area (Å²) in [6, 6.07) is 5.82. The molecule has 8 heteroatoms. The Kier molecular flexibility index (Phi) is 9.08. The number of nitrogens with zero attached hydrogens (tertiary/aromatic N) is 3. The molecule has 1 aliphatic heterocycles. The first-order valence-corrected chi connectivity index (χ1v) is 9.96. The fourth-order valence-electron chi connectivity index (χ4n) is 3.01. The molecular weight excluding hydrogens is 391 g/mol. The van der Waals surface area contributed by atoms with E-state index in [1.165, 1.54) is 6.42 Å². The quantitative estimate of drug-likeness (QED) is 0.301. The van der Waals surface area contributed by atoms with Crippen LogP contribution >= 0.6 is 35.4 Å². The van der Waals surface area contributed by atoms with E-state index in [1.54, 1.807) is 12.1 Å². The molecule has 0 amide bonds. The number of ether oxygens (including phenoxy) is 1. The lowest BCUT2D eigenvalue weighted by molar-refractivity contribution is 0.182. The summed E-state index contributed by atoms with van der Waals surface area (Å²) in [7, 11) is 1.67. The van der Waals surface area contributed by atoms with Gasteiger partial charge in [0, 0.05) is 54.7 Å². The van der Waals surface area contributed by atoms with Gasteiger partial charge in [-0.1, -0.05) is 35.7 Å². The number of likely N-dealkylation sites (tertiary alicyclic amines) is 1. The maximum absolute atomic E-state index is 6.34. The zero-order chi connectivity index (χ0) is 18.9. The molecule has 0 spiro atoms. The first-order valence-electron chi connectivity index (χ1n) is 8.80. The van der Waals surface area contributed by atoms with Crippen LogP contribution in [0.4, 0.5) is 0 Å². The fourth-order valence-corrected chi connectivity index (χ4v) is 3.66. The SMILES string of the molecule is COCCCN(N=CC1CCCCN1Cc1c(Cl)cccc1Cl)C(N)=S.